The third-order valence-corrected chi connectivity index (χ3v) is 2.01. The lowest BCUT2D eigenvalue weighted by molar-refractivity contribution is -0.138. The fourth-order valence-electron chi connectivity index (χ4n) is 1.17. The Balaban J connectivity index is 2.46. The topological polar surface area (TPSA) is 102 Å². The first-order chi connectivity index (χ1) is 8.24. The number of rotatable bonds is 7. The van der Waals surface area contributed by atoms with Crippen molar-refractivity contribution in [3.05, 3.63) is 24.4 Å². The zero-order valence-corrected chi connectivity index (χ0v) is 9.32. The maximum Gasteiger partial charge on any atom is 0.328 e. The predicted molar refractivity (Wildman–Crippen MR) is 63.7 cm³/mol. The number of carbonyl (C=O) groups is 1. The van der Waals surface area contributed by atoms with Crippen LogP contribution in [0.25, 0.3) is 6.08 Å². The Morgan fingerprint density at radius 2 is 2.53 bits per heavy atom. The van der Waals surface area contributed by atoms with E-state index in [0.717, 1.165) is 0 Å². The minimum atomic E-state index is -0.945. The smallest absolute Gasteiger partial charge is 0.328 e. The molecule has 0 radical (unpaired) electrons. The number of carboxylic acid groups (broad SMARTS) is 1. The van der Waals surface area contributed by atoms with Gasteiger partial charge in [0.2, 0.25) is 5.89 Å². The van der Waals surface area contributed by atoms with Gasteiger partial charge in [-0.25, -0.2) is 9.78 Å². The number of hydrogen-bond donors (Lipinski definition) is 2. The Hall–Kier alpha value is -1.95. The van der Waals surface area contributed by atoms with Crippen molar-refractivity contribution in [1.82, 2.24) is 4.98 Å². The van der Waals surface area contributed by atoms with Gasteiger partial charge in [-0.3, -0.25) is 4.99 Å². The highest BCUT2D eigenvalue weighted by atomic mass is 16.4. The molecule has 3 N–H and O–H groups in total. The molecular weight excluding hydrogens is 222 g/mol. The van der Waals surface area contributed by atoms with Crippen molar-refractivity contribution < 1.29 is 14.3 Å². The lowest BCUT2D eigenvalue weighted by Gasteiger charge is -2.04. The predicted octanol–water partition coefficient (Wildman–Crippen LogP) is 0.951. The summed E-state index contributed by atoms with van der Waals surface area (Å²) in [6, 6.07) is -0.743. The van der Waals surface area contributed by atoms with Gasteiger partial charge in [0.1, 0.15) is 12.3 Å². The van der Waals surface area contributed by atoms with Gasteiger partial charge in [0, 0.05) is 12.3 Å². The first-order valence-electron chi connectivity index (χ1n) is 5.26. The van der Waals surface area contributed by atoms with E-state index in [4.69, 9.17) is 15.3 Å². The number of allylic oxidation sites excluding steroid dienone is 1. The quantitative estimate of drug-likeness (QED) is 0.687. The zero-order chi connectivity index (χ0) is 12.5. The molecule has 17 heavy (non-hydrogen) atoms. The third kappa shape index (κ3) is 5.07. The van der Waals surface area contributed by atoms with Crippen LogP contribution in [0.3, 0.4) is 0 Å². The van der Waals surface area contributed by atoms with Crippen molar-refractivity contribution in [2.45, 2.75) is 18.9 Å². The van der Waals surface area contributed by atoms with Gasteiger partial charge in [0.05, 0.1) is 6.20 Å². The summed E-state index contributed by atoms with van der Waals surface area (Å²) < 4.78 is 4.96. The van der Waals surface area contributed by atoms with Gasteiger partial charge < -0.3 is 15.3 Å². The number of carboxylic acids is 1. The van der Waals surface area contributed by atoms with Crippen molar-refractivity contribution in [2.24, 2.45) is 10.7 Å². The second-order valence-corrected chi connectivity index (χ2v) is 3.31. The van der Waals surface area contributed by atoms with Crippen LogP contribution in [0.1, 0.15) is 18.7 Å². The van der Waals surface area contributed by atoms with Crippen LogP contribution in [0.15, 0.2) is 27.9 Å². The van der Waals surface area contributed by atoms with Crippen LogP contribution >= 0.6 is 0 Å². The minimum Gasteiger partial charge on any atom is -0.480 e. The largest absolute Gasteiger partial charge is 0.480 e. The molecule has 0 aliphatic rings. The van der Waals surface area contributed by atoms with E-state index < -0.39 is 12.0 Å². The summed E-state index contributed by atoms with van der Waals surface area (Å²) in [5, 5.41) is 8.87. The van der Waals surface area contributed by atoms with Crippen molar-refractivity contribution in [1.29, 1.82) is 0 Å². The van der Waals surface area contributed by atoms with Gasteiger partial charge in [-0.05, 0) is 25.5 Å². The molecule has 0 saturated heterocycles. The van der Waals surface area contributed by atoms with E-state index in [9.17, 15) is 4.79 Å². The van der Waals surface area contributed by atoms with E-state index >= 15 is 0 Å². The average molecular weight is 237 g/mol. The van der Waals surface area contributed by atoms with Gasteiger partial charge in [-0.1, -0.05) is 0 Å². The number of aromatic nitrogens is 1. The summed E-state index contributed by atoms with van der Waals surface area (Å²) in [4.78, 5) is 18.6. The van der Waals surface area contributed by atoms with Crippen LogP contribution in [0, 0.1) is 0 Å². The van der Waals surface area contributed by atoms with Crippen molar-refractivity contribution in [3.8, 4) is 0 Å². The maximum absolute atomic E-state index is 10.8. The fourth-order valence-corrected chi connectivity index (χ4v) is 1.17. The second kappa shape index (κ2) is 7.34. The molecule has 1 atom stereocenters. The molecule has 1 aromatic heterocycles. The summed E-state index contributed by atoms with van der Waals surface area (Å²) in [7, 11) is 0. The lowest BCUT2D eigenvalue weighted by atomic mass is 10.1. The van der Waals surface area contributed by atoms with Crippen LogP contribution < -0.4 is 5.73 Å². The molecule has 6 nitrogen and oxygen atoms in total. The number of nitrogens with two attached hydrogens (primary N) is 1. The van der Waals surface area contributed by atoms with Crippen molar-refractivity contribution in [2.75, 3.05) is 6.54 Å². The van der Waals surface area contributed by atoms with Gasteiger partial charge in [-0.15, -0.1) is 0 Å². The molecule has 0 fully saturated rings. The van der Waals surface area contributed by atoms with Crippen LogP contribution in [0.4, 0.5) is 0 Å². The average Bonchev–Trinajstić information content (AvgIpc) is 2.80. The zero-order valence-electron chi connectivity index (χ0n) is 9.32. The second-order valence-electron chi connectivity index (χ2n) is 3.31. The Morgan fingerprint density at radius 1 is 1.71 bits per heavy atom. The van der Waals surface area contributed by atoms with Crippen LogP contribution in [0.2, 0.25) is 0 Å². The number of aliphatic carboxylic acids is 1. The van der Waals surface area contributed by atoms with Gasteiger partial charge in [0.15, 0.2) is 0 Å². The van der Waals surface area contributed by atoms with Crippen molar-refractivity contribution in [3.63, 3.8) is 0 Å². The number of aliphatic imine (C=N–C) groups is 1. The highest BCUT2D eigenvalue weighted by molar-refractivity contribution is 5.81. The Kier molecular flexibility index (Phi) is 5.67. The van der Waals surface area contributed by atoms with Crippen LogP contribution in [-0.2, 0) is 4.79 Å². The molecular formula is C11H15N3O3. The monoisotopic (exact) mass is 237 g/mol. The van der Waals surface area contributed by atoms with Crippen molar-refractivity contribution >= 4 is 18.3 Å². The summed E-state index contributed by atoms with van der Waals surface area (Å²) in [6.07, 6.45) is 8.68. The maximum atomic E-state index is 10.8. The van der Waals surface area contributed by atoms with E-state index in [0.29, 0.717) is 25.3 Å². The molecule has 0 saturated carbocycles. The van der Waals surface area contributed by atoms with E-state index in [1.807, 2.05) is 0 Å². The van der Waals surface area contributed by atoms with Gasteiger partial charge in [0.25, 0.3) is 0 Å². The Labute approximate surface area is 98.9 Å². The number of nitrogens with zero attached hydrogens (tertiary/aromatic N) is 2. The molecule has 0 amide bonds. The summed E-state index contributed by atoms with van der Waals surface area (Å²) >= 11 is 0. The Bertz CT molecular complexity index is 385. The number of oxazole rings is 1. The molecule has 0 bridgehead atoms. The van der Waals surface area contributed by atoms with Gasteiger partial charge >= 0.3 is 5.97 Å². The molecule has 1 aromatic rings. The third-order valence-electron chi connectivity index (χ3n) is 2.01. The molecule has 1 rings (SSSR count). The Morgan fingerprint density at radius 3 is 3.12 bits per heavy atom. The molecule has 0 aliphatic heterocycles. The minimum absolute atomic E-state index is 0.440. The molecule has 92 valence electrons. The van der Waals surface area contributed by atoms with Crippen LogP contribution in [0.5, 0.6) is 0 Å². The molecule has 0 aromatic carbocycles. The van der Waals surface area contributed by atoms with E-state index in [1.54, 1.807) is 12.2 Å². The molecule has 1 heterocycles. The van der Waals surface area contributed by atoms with E-state index in [2.05, 4.69) is 9.98 Å². The highest BCUT2D eigenvalue weighted by Crippen LogP contribution is 2.01. The standard InChI is InChI=1S/C11H15N3O3/c12-5-1-3-9(11(15)16)13-6-2-4-10-14-7-8-17-10/h2,4,6-9H,1,3,5,12H2,(H,15,16)/b4-2+,13-6?. The summed E-state index contributed by atoms with van der Waals surface area (Å²) in [5.74, 6) is -0.496. The first kappa shape index (κ1) is 13.1. The van der Waals surface area contributed by atoms with Crippen LogP contribution in [-0.4, -0.2) is 34.9 Å². The fraction of sp³-hybridized carbons (Fsp3) is 0.364. The summed E-state index contributed by atoms with van der Waals surface area (Å²) in [5.41, 5.74) is 5.32. The van der Waals surface area contributed by atoms with Gasteiger partial charge in [-0.2, -0.15) is 0 Å². The summed E-state index contributed by atoms with van der Waals surface area (Å²) in [6.45, 7) is 0.464. The SMILES string of the molecule is NCCCC(N=C/C=C/c1ncco1)C(=O)O. The molecule has 0 spiro atoms. The molecule has 0 aliphatic carbocycles. The molecule has 1 unspecified atom stereocenters. The van der Waals surface area contributed by atoms with E-state index in [-0.39, 0.29) is 0 Å². The number of hydrogen-bond acceptors (Lipinski definition) is 5. The van der Waals surface area contributed by atoms with E-state index in [1.165, 1.54) is 18.7 Å². The first-order valence-corrected chi connectivity index (χ1v) is 5.26. The normalized spacial score (nSPS) is 13.5. The highest BCUT2D eigenvalue weighted by Gasteiger charge is 2.13. The molecule has 6 heteroatoms. The lowest BCUT2D eigenvalue weighted by Crippen LogP contribution is -2.19.